The van der Waals surface area contributed by atoms with Crippen LogP contribution in [-0.4, -0.2) is 31.2 Å². The van der Waals surface area contributed by atoms with Gasteiger partial charge in [0, 0.05) is 16.8 Å². The van der Waals surface area contributed by atoms with Gasteiger partial charge in [0.15, 0.2) is 5.69 Å². The highest BCUT2D eigenvalue weighted by Gasteiger charge is 2.25. The molecule has 2 aromatic heterocycles. The van der Waals surface area contributed by atoms with Crippen LogP contribution in [0.3, 0.4) is 0 Å². The lowest BCUT2D eigenvalue weighted by atomic mass is 10.1. The fraction of sp³-hybridized carbons (Fsp3) is 0. The Balaban J connectivity index is 1.64. The minimum Gasteiger partial charge on any atom is -0.399 e. The number of rotatable bonds is 6. The van der Waals surface area contributed by atoms with Crippen LogP contribution in [0.25, 0.3) is 22.8 Å². The van der Waals surface area contributed by atoms with Gasteiger partial charge in [0.25, 0.3) is 5.91 Å². The molecule has 0 spiro atoms. The Kier molecular flexibility index (Phi) is 4.83. The molecule has 150 valence electrons. The van der Waals surface area contributed by atoms with E-state index in [4.69, 9.17) is 11.5 Å². The van der Waals surface area contributed by atoms with Crippen molar-refractivity contribution >= 4 is 23.1 Å². The van der Waals surface area contributed by atoms with E-state index in [1.165, 1.54) is 4.68 Å². The van der Waals surface area contributed by atoms with Gasteiger partial charge in [-0.15, -0.1) is 5.10 Å². The fourth-order valence-electron chi connectivity index (χ4n) is 2.77. The van der Waals surface area contributed by atoms with Crippen molar-refractivity contribution < 1.29 is 9.42 Å². The molecule has 0 radical (unpaired) electrons. The third-order valence-corrected chi connectivity index (χ3v) is 4.19. The zero-order valence-electron chi connectivity index (χ0n) is 15.6. The van der Waals surface area contributed by atoms with Gasteiger partial charge in [-0.25, -0.2) is 4.63 Å². The first-order chi connectivity index (χ1) is 14.5. The van der Waals surface area contributed by atoms with Crippen LogP contribution in [0.1, 0.15) is 16.1 Å². The fourth-order valence-corrected chi connectivity index (χ4v) is 2.77. The van der Waals surface area contributed by atoms with Gasteiger partial charge in [0.2, 0.25) is 11.6 Å². The predicted octanol–water partition coefficient (Wildman–Crippen LogP) is 1.39. The highest BCUT2D eigenvalue weighted by Crippen LogP contribution is 2.26. The SMILES string of the molecule is C=C(NNC(=O)c1nnn(-c2nonc2N)c1-c1ccccc1)c1cccc(N)c1. The van der Waals surface area contributed by atoms with Crippen LogP contribution in [-0.2, 0) is 0 Å². The number of benzene rings is 2. The molecule has 6 N–H and O–H groups in total. The second-order valence-electron chi connectivity index (χ2n) is 6.22. The molecule has 0 fully saturated rings. The van der Waals surface area contributed by atoms with Crippen molar-refractivity contribution in [3.63, 3.8) is 0 Å². The maximum Gasteiger partial charge on any atom is 0.292 e. The van der Waals surface area contributed by atoms with Crippen molar-refractivity contribution in [3.05, 3.63) is 72.4 Å². The van der Waals surface area contributed by atoms with Crippen LogP contribution < -0.4 is 22.3 Å². The van der Waals surface area contributed by atoms with Gasteiger partial charge in [-0.2, -0.15) is 4.68 Å². The number of carbonyl (C=O) groups is 1. The molecule has 2 heterocycles. The highest BCUT2D eigenvalue weighted by atomic mass is 16.6. The van der Waals surface area contributed by atoms with Gasteiger partial charge in [0.05, 0.1) is 5.70 Å². The summed E-state index contributed by atoms with van der Waals surface area (Å²) < 4.78 is 5.94. The number of amides is 1. The summed E-state index contributed by atoms with van der Waals surface area (Å²) >= 11 is 0. The normalized spacial score (nSPS) is 10.5. The smallest absolute Gasteiger partial charge is 0.292 e. The van der Waals surface area contributed by atoms with Crippen molar-refractivity contribution in [3.8, 4) is 17.1 Å². The molecule has 1 amide bonds. The first-order valence-electron chi connectivity index (χ1n) is 8.75. The van der Waals surface area contributed by atoms with Crippen LogP contribution in [0.15, 0.2) is 65.8 Å². The summed E-state index contributed by atoms with van der Waals surface area (Å²) in [6.45, 7) is 3.90. The van der Waals surface area contributed by atoms with Gasteiger partial charge >= 0.3 is 0 Å². The average molecular weight is 403 g/mol. The van der Waals surface area contributed by atoms with E-state index < -0.39 is 5.91 Å². The van der Waals surface area contributed by atoms with Gasteiger partial charge < -0.3 is 11.5 Å². The molecule has 11 heteroatoms. The number of hydrogen-bond donors (Lipinski definition) is 4. The highest BCUT2D eigenvalue weighted by molar-refractivity contribution is 5.98. The average Bonchev–Trinajstić information content (AvgIpc) is 3.38. The second-order valence-corrected chi connectivity index (χ2v) is 6.22. The van der Waals surface area contributed by atoms with E-state index >= 15 is 0 Å². The zero-order valence-corrected chi connectivity index (χ0v) is 15.6. The zero-order chi connectivity index (χ0) is 21.1. The van der Waals surface area contributed by atoms with E-state index in [1.54, 1.807) is 30.3 Å². The predicted molar refractivity (Wildman–Crippen MR) is 110 cm³/mol. The molecule has 0 saturated heterocycles. The molecule has 30 heavy (non-hydrogen) atoms. The molecule has 0 aliphatic rings. The molecule has 0 atom stereocenters. The first-order valence-corrected chi connectivity index (χ1v) is 8.75. The summed E-state index contributed by atoms with van der Waals surface area (Å²) in [6.07, 6.45) is 0. The molecular formula is C19H17N9O2. The summed E-state index contributed by atoms with van der Waals surface area (Å²) in [4.78, 5) is 12.9. The summed E-state index contributed by atoms with van der Waals surface area (Å²) in [6, 6.07) is 16.2. The molecule has 4 rings (SSSR count). The number of carbonyl (C=O) groups excluding carboxylic acids is 1. The molecule has 0 saturated carbocycles. The maximum absolute atomic E-state index is 12.9. The monoisotopic (exact) mass is 403 g/mol. The van der Waals surface area contributed by atoms with Crippen LogP contribution in [0.2, 0.25) is 0 Å². The Labute approximate surface area is 170 Å². The molecule has 0 aliphatic carbocycles. The van der Waals surface area contributed by atoms with Crippen molar-refractivity contribution in [1.82, 2.24) is 36.2 Å². The first kappa shape index (κ1) is 18.7. The van der Waals surface area contributed by atoms with Crippen LogP contribution >= 0.6 is 0 Å². The molecular weight excluding hydrogens is 386 g/mol. The molecule has 0 unspecified atom stereocenters. The van der Waals surface area contributed by atoms with Crippen LogP contribution in [0.4, 0.5) is 11.5 Å². The van der Waals surface area contributed by atoms with Crippen molar-refractivity contribution in [2.45, 2.75) is 0 Å². The minimum atomic E-state index is -0.541. The second kappa shape index (κ2) is 7.75. The number of aromatic nitrogens is 5. The summed E-state index contributed by atoms with van der Waals surface area (Å²) in [7, 11) is 0. The number of hydrogen-bond acceptors (Lipinski definition) is 9. The quantitative estimate of drug-likeness (QED) is 0.275. The van der Waals surface area contributed by atoms with Gasteiger partial charge in [-0.05, 0) is 22.4 Å². The number of nitrogens with one attached hydrogen (secondary N) is 2. The minimum absolute atomic E-state index is 0.0113. The van der Waals surface area contributed by atoms with E-state index in [1.807, 2.05) is 24.3 Å². The number of nitrogens with zero attached hydrogens (tertiary/aromatic N) is 5. The summed E-state index contributed by atoms with van der Waals surface area (Å²) in [5, 5.41) is 15.3. The summed E-state index contributed by atoms with van der Waals surface area (Å²) in [5.74, 6) is -0.407. The van der Waals surface area contributed by atoms with E-state index in [9.17, 15) is 4.79 Å². The largest absolute Gasteiger partial charge is 0.399 e. The van der Waals surface area contributed by atoms with Crippen molar-refractivity contribution in [2.24, 2.45) is 0 Å². The van der Waals surface area contributed by atoms with Crippen LogP contribution in [0.5, 0.6) is 0 Å². The third-order valence-electron chi connectivity index (χ3n) is 4.19. The van der Waals surface area contributed by atoms with E-state index in [-0.39, 0.29) is 17.3 Å². The Bertz CT molecular complexity index is 1210. The number of anilines is 2. The lowest BCUT2D eigenvalue weighted by molar-refractivity contribution is 0.0938. The van der Waals surface area contributed by atoms with E-state index in [2.05, 4.69) is 42.7 Å². The molecule has 2 aromatic carbocycles. The Hall–Kier alpha value is -4.67. The molecule has 0 aliphatic heterocycles. The standard InChI is InChI=1S/C19H17N9O2/c1-11(13-8-5-9-14(20)10-13)22-24-19(29)15-16(12-6-3-2-4-7-12)28(27-23-15)18-17(21)25-30-26-18/h2-10,22H,1,20H2,(H2,21,25)(H,24,29). The van der Waals surface area contributed by atoms with E-state index in [0.717, 1.165) is 5.56 Å². The Morgan fingerprint density at radius 3 is 2.53 bits per heavy atom. The van der Waals surface area contributed by atoms with Crippen LogP contribution in [0, 0.1) is 0 Å². The Morgan fingerprint density at radius 1 is 1.03 bits per heavy atom. The van der Waals surface area contributed by atoms with Gasteiger partial charge in [0.1, 0.15) is 5.69 Å². The Morgan fingerprint density at radius 2 is 1.83 bits per heavy atom. The maximum atomic E-state index is 12.9. The number of nitrogens with two attached hydrogens (primary N) is 2. The molecule has 0 bridgehead atoms. The molecule has 11 nitrogen and oxygen atoms in total. The molecule has 4 aromatic rings. The van der Waals surface area contributed by atoms with Crippen molar-refractivity contribution in [2.75, 3.05) is 11.5 Å². The summed E-state index contributed by atoms with van der Waals surface area (Å²) in [5.41, 5.74) is 19.7. The number of hydrazine groups is 1. The topological polar surface area (TPSA) is 163 Å². The lowest BCUT2D eigenvalue weighted by Gasteiger charge is -2.11. The number of nitrogen functional groups attached to an aromatic ring is 2. The third kappa shape index (κ3) is 3.54. The van der Waals surface area contributed by atoms with Crippen molar-refractivity contribution in [1.29, 1.82) is 0 Å². The van der Waals surface area contributed by atoms with Gasteiger partial charge in [-0.3, -0.25) is 15.6 Å². The lowest BCUT2D eigenvalue weighted by Crippen LogP contribution is -2.36. The van der Waals surface area contributed by atoms with E-state index in [0.29, 0.717) is 22.6 Å². The van der Waals surface area contributed by atoms with Gasteiger partial charge in [-0.1, -0.05) is 54.3 Å².